The molecule has 7 nitrogen and oxygen atoms in total. The van der Waals surface area contributed by atoms with E-state index in [4.69, 9.17) is 23.7 Å². The van der Waals surface area contributed by atoms with E-state index in [1.807, 2.05) is 18.2 Å². The van der Waals surface area contributed by atoms with E-state index in [0.717, 1.165) is 5.56 Å². The van der Waals surface area contributed by atoms with Gasteiger partial charge in [-0.05, 0) is 35.9 Å². The summed E-state index contributed by atoms with van der Waals surface area (Å²) in [5.41, 5.74) is 1.46. The SMILES string of the molecule is C=CCOc1cccc(C=C2N=C(c3cc(OC)c(OC)c(OC)c3)OC2=O)c1. The van der Waals surface area contributed by atoms with Crippen molar-refractivity contribution >= 4 is 17.9 Å². The van der Waals surface area contributed by atoms with Gasteiger partial charge in [0.1, 0.15) is 12.4 Å². The second-order valence-electron chi connectivity index (χ2n) is 5.92. The molecule has 0 fully saturated rings. The van der Waals surface area contributed by atoms with E-state index < -0.39 is 5.97 Å². The van der Waals surface area contributed by atoms with Crippen LogP contribution in [-0.4, -0.2) is 39.8 Å². The maximum Gasteiger partial charge on any atom is 0.363 e. The molecule has 0 bridgehead atoms. The van der Waals surface area contributed by atoms with Crippen molar-refractivity contribution in [1.29, 1.82) is 0 Å². The molecule has 2 aromatic carbocycles. The van der Waals surface area contributed by atoms with Crippen molar-refractivity contribution in [2.45, 2.75) is 0 Å². The van der Waals surface area contributed by atoms with Gasteiger partial charge in [-0.25, -0.2) is 9.79 Å². The average Bonchev–Trinajstić information content (AvgIpc) is 3.11. The number of cyclic esters (lactones) is 1. The number of methoxy groups -OCH3 is 3. The molecule has 0 radical (unpaired) electrons. The van der Waals surface area contributed by atoms with Crippen LogP contribution in [0, 0.1) is 0 Å². The Balaban J connectivity index is 1.94. The zero-order valence-electron chi connectivity index (χ0n) is 16.4. The molecule has 0 aromatic heterocycles. The maximum atomic E-state index is 12.3. The molecule has 0 N–H and O–H groups in total. The largest absolute Gasteiger partial charge is 0.493 e. The van der Waals surface area contributed by atoms with Crippen LogP contribution >= 0.6 is 0 Å². The molecule has 0 saturated carbocycles. The number of aliphatic imine (C=N–C) groups is 1. The summed E-state index contributed by atoms with van der Waals surface area (Å²) in [5.74, 6) is 1.58. The first-order valence-electron chi connectivity index (χ1n) is 8.76. The van der Waals surface area contributed by atoms with Crippen molar-refractivity contribution in [3.05, 3.63) is 65.9 Å². The van der Waals surface area contributed by atoms with Crippen LogP contribution in [0.15, 0.2) is 59.7 Å². The van der Waals surface area contributed by atoms with Crippen LogP contribution in [0.2, 0.25) is 0 Å². The molecule has 0 atom stereocenters. The monoisotopic (exact) mass is 395 g/mol. The fourth-order valence-corrected chi connectivity index (χ4v) is 2.74. The van der Waals surface area contributed by atoms with E-state index in [1.165, 1.54) is 21.3 Å². The number of carbonyl (C=O) groups excluding carboxylic acids is 1. The van der Waals surface area contributed by atoms with Crippen LogP contribution in [0.1, 0.15) is 11.1 Å². The fraction of sp³-hybridized carbons (Fsp3) is 0.182. The summed E-state index contributed by atoms with van der Waals surface area (Å²) in [6, 6.07) is 10.6. The lowest BCUT2D eigenvalue weighted by atomic mass is 10.1. The third-order valence-electron chi connectivity index (χ3n) is 4.06. The van der Waals surface area contributed by atoms with Crippen LogP contribution < -0.4 is 18.9 Å². The van der Waals surface area contributed by atoms with Gasteiger partial charge in [0.05, 0.1) is 21.3 Å². The van der Waals surface area contributed by atoms with Gasteiger partial charge in [-0.2, -0.15) is 0 Å². The lowest BCUT2D eigenvalue weighted by molar-refractivity contribution is -0.129. The van der Waals surface area contributed by atoms with Gasteiger partial charge in [-0.1, -0.05) is 24.8 Å². The van der Waals surface area contributed by atoms with E-state index in [2.05, 4.69) is 11.6 Å². The van der Waals surface area contributed by atoms with E-state index in [-0.39, 0.29) is 11.6 Å². The number of nitrogens with zero attached hydrogens (tertiary/aromatic N) is 1. The smallest absolute Gasteiger partial charge is 0.363 e. The van der Waals surface area contributed by atoms with Crippen molar-refractivity contribution in [2.24, 2.45) is 4.99 Å². The van der Waals surface area contributed by atoms with Gasteiger partial charge in [0.25, 0.3) is 0 Å². The lowest BCUT2D eigenvalue weighted by Crippen LogP contribution is -2.06. The number of rotatable bonds is 8. The molecule has 1 heterocycles. The summed E-state index contributed by atoms with van der Waals surface area (Å²) in [5, 5.41) is 0. The highest BCUT2D eigenvalue weighted by molar-refractivity contribution is 6.13. The Morgan fingerprint density at radius 3 is 2.41 bits per heavy atom. The predicted octanol–water partition coefficient (Wildman–Crippen LogP) is 3.62. The minimum atomic E-state index is -0.550. The molecule has 0 unspecified atom stereocenters. The molecular weight excluding hydrogens is 374 g/mol. The third kappa shape index (κ3) is 4.40. The summed E-state index contributed by atoms with van der Waals surface area (Å²) in [6.45, 7) is 4.02. The van der Waals surface area contributed by atoms with Gasteiger partial charge in [0, 0.05) is 5.56 Å². The van der Waals surface area contributed by atoms with Crippen molar-refractivity contribution in [3.8, 4) is 23.0 Å². The Labute approximate surface area is 168 Å². The van der Waals surface area contributed by atoms with Crippen molar-refractivity contribution < 1.29 is 28.5 Å². The van der Waals surface area contributed by atoms with Crippen molar-refractivity contribution in [2.75, 3.05) is 27.9 Å². The third-order valence-corrected chi connectivity index (χ3v) is 4.06. The maximum absolute atomic E-state index is 12.3. The molecule has 0 aliphatic carbocycles. The lowest BCUT2D eigenvalue weighted by Gasteiger charge is -2.13. The van der Waals surface area contributed by atoms with Gasteiger partial charge in [0.15, 0.2) is 17.2 Å². The molecule has 150 valence electrons. The normalized spacial score (nSPS) is 14.2. The molecular formula is C22H21NO6. The van der Waals surface area contributed by atoms with Crippen molar-refractivity contribution in [3.63, 3.8) is 0 Å². The van der Waals surface area contributed by atoms with E-state index in [0.29, 0.717) is 35.2 Å². The minimum absolute atomic E-state index is 0.152. The van der Waals surface area contributed by atoms with Gasteiger partial charge in [0.2, 0.25) is 11.6 Å². The Hall–Kier alpha value is -3.74. The van der Waals surface area contributed by atoms with Gasteiger partial charge >= 0.3 is 5.97 Å². The Morgan fingerprint density at radius 2 is 1.79 bits per heavy atom. The van der Waals surface area contributed by atoms with Crippen LogP contribution in [-0.2, 0) is 9.53 Å². The predicted molar refractivity (Wildman–Crippen MR) is 109 cm³/mol. The fourth-order valence-electron chi connectivity index (χ4n) is 2.74. The van der Waals surface area contributed by atoms with Crippen LogP contribution in [0.25, 0.3) is 6.08 Å². The highest BCUT2D eigenvalue weighted by atomic mass is 16.6. The Kier molecular flexibility index (Phi) is 6.19. The Bertz CT molecular complexity index is 968. The van der Waals surface area contributed by atoms with Gasteiger partial charge in [-0.3, -0.25) is 0 Å². The summed E-state index contributed by atoms with van der Waals surface area (Å²) in [4.78, 5) is 16.6. The molecule has 0 spiro atoms. The number of hydrogen-bond acceptors (Lipinski definition) is 7. The topological polar surface area (TPSA) is 75.6 Å². The van der Waals surface area contributed by atoms with E-state index in [1.54, 1.807) is 30.4 Å². The number of benzene rings is 2. The number of hydrogen-bond donors (Lipinski definition) is 0. The van der Waals surface area contributed by atoms with Crippen LogP contribution in [0.4, 0.5) is 0 Å². The standard InChI is InChI=1S/C22H21NO6/c1-5-9-28-16-8-6-7-14(10-16)11-17-22(24)29-21(23-17)15-12-18(25-2)20(27-4)19(13-15)26-3/h5-8,10-13H,1,9H2,2-4H3. The zero-order valence-corrected chi connectivity index (χ0v) is 16.4. The molecule has 1 aliphatic heterocycles. The van der Waals surface area contributed by atoms with E-state index in [9.17, 15) is 4.79 Å². The first-order valence-corrected chi connectivity index (χ1v) is 8.76. The van der Waals surface area contributed by atoms with Crippen molar-refractivity contribution in [1.82, 2.24) is 0 Å². The summed E-state index contributed by atoms with van der Waals surface area (Å²) in [6.07, 6.45) is 3.29. The number of esters is 1. The summed E-state index contributed by atoms with van der Waals surface area (Å²) < 4.78 is 26.8. The molecule has 0 amide bonds. The number of ether oxygens (including phenoxy) is 5. The van der Waals surface area contributed by atoms with Crippen LogP contribution in [0.3, 0.4) is 0 Å². The molecule has 0 saturated heterocycles. The minimum Gasteiger partial charge on any atom is -0.493 e. The summed E-state index contributed by atoms with van der Waals surface area (Å²) in [7, 11) is 4.54. The number of carbonyl (C=O) groups is 1. The quantitative estimate of drug-likeness (QED) is 0.386. The highest BCUT2D eigenvalue weighted by Gasteiger charge is 2.26. The second-order valence-corrected chi connectivity index (χ2v) is 5.92. The molecule has 1 aliphatic rings. The zero-order chi connectivity index (χ0) is 20.8. The summed E-state index contributed by atoms with van der Waals surface area (Å²) >= 11 is 0. The molecule has 3 rings (SSSR count). The highest BCUT2D eigenvalue weighted by Crippen LogP contribution is 2.39. The van der Waals surface area contributed by atoms with Gasteiger partial charge in [-0.15, -0.1) is 0 Å². The Morgan fingerprint density at radius 1 is 1.07 bits per heavy atom. The second kappa shape index (κ2) is 8.97. The van der Waals surface area contributed by atoms with Crippen LogP contribution in [0.5, 0.6) is 23.0 Å². The molecule has 29 heavy (non-hydrogen) atoms. The first kappa shape index (κ1) is 20.0. The average molecular weight is 395 g/mol. The van der Waals surface area contributed by atoms with E-state index >= 15 is 0 Å². The molecule has 2 aromatic rings. The molecule has 7 heteroatoms. The van der Waals surface area contributed by atoms with Gasteiger partial charge < -0.3 is 23.7 Å². The first-order chi connectivity index (χ1) is 14.1.